The van der Waals surface area contributed by atoms with Gasteiger partial charge in [-0.25, -0.2) is 9.59 Å². The van der Waals surface area contributed by atoms with Crippen LogP contribution in [-0.2, 0) is 14.3 Å². The van der Waals surface area contributed by atoms with E-state index >= 15 is 0 Å². The minimum absolute atomic E-state index is 0.511. The second kappa shape index (κ2) is 7.30. The SMILES string of the molecule is CC(C)(C)OC(=O)N[C@@H](C(=O)OC(C)(C)C)C1(N=[N+]=[N-])CCCC1. The molecule has 1 aliphatic carbocycles. The van der Waals surface area contributed by atoms with Crippen molar-refractivity contribution < 1.29 is 19.1 Å². The zero-order valence-corrected chi connectivity index (χ0v) is 15.4. The van der Waals surface area contributed by atoms with Crippen molar-refractivity contribution in [3.8, 4) is 0 Å². The highest BCUT2D eigenvalue weighted by molar-refractivity contribution is 5.83. The Labute approximate surface area is 142 Å². The van der Waals surface area contributed by atoms with Crippen LogP contribution in [0.1, 0.15) is 67.2 Å². The number of hydrogen-bond acceptors (Lipinski definition) is 5. The summed E-state index contributed by atoms with van der Waals surface area (Å²) >= 11 is 0. The van der Waals surface area contributed by atoms with Crippen molar-refractivity contribution >= 4 is 12.1 Å². The molecule has 0 heterocycles. The van der Waals surface area contributed by atoms with Gasteiger partial charge in [0.2, 0.25) is 0 Å². The molecule has 0 aromatic heterocycles. The highest BCUT2D eigenvalue weighted by Crippen LogP contribution is 2.37. The first-order valence-electron chi connectivity index (χ1n) is 8.17. The Bertz CT molecular complexity index is 521. The van der Waals surface area contributed by atoms with Crippen LogP contribution >= 0.6 is 0 Å². The van der Waals surface area contributed by atoms with Gasteiger partial charge in [0, 0.05) is 4.91 Å². The van der Waals surface area contributed by atoms with Gasteiger partial charge in [0.15, 0.2) is 0 Å². The Kier molecular flexibility index (Phi) is 6.11. The first kappa shape index (κ1) is 20.1. The van der Waals surface area contributed by atoms with Gasteiger partial charge >= 0.3 is 12.1 Å². The Hall–Kier alpha value is -1.95. The van der Waals surface area contributed by atoms with E-state index in [1.165, 1.54) is 0 Å². The van der Waals surface area contributed by atoms with Gasteiger partial charge in [0.25, 0.3) is 0 Å². The van der Waals surface area contributed by atoms with Crippen LogP contribution in [0, 0.1) is 0 Å². The van der Waals surface area contributed by atoms with E-state index in [2.05, 4.69) is 15.3 Å². The number of ether oxygens (including phenoxy) is 2. The lowest BCUT2D eigenvalue weighted by atomic mass is 9.89. The van der Waals surface area contributed by atoms with Gasteiger partial charge in [-0.3, -0.25) is 0 Å². The second-order valence-electron chi connectivity index (χ2n) is 8.11. The molecule has 1 rings (SSSR count). The Morgan fingerprint density at radius 1 is 1.08 bits per heavy atom. The van der Waals surface area contributed by atoms with Crippen LogP contribution in [0.3, 0.4) is 0 Å². The van der Waals surface area contributed by atoms with Crippen molar-refractivity contribution in [2.24, 2.45) is 5.11 Å². The average Bonchev–Trinajstić information content (AvgIpc) is 2.81. The van der Waals surface area contributed by atoms with E-state index in [4.69, 9.17) is 15.0 Å². The molecule has 0 bridgehead atoms. The van der Waals surface area contributed by atoms with Gasteiger partial charge in [-0.05, 0) is 59.9 Å². The summed E-state index contributed by atoms with van der Waals surface area (Å²) in [6.07, 6.45) is 1.91. The van der Waals surface area contributed by atoms with Crippen LogP contribution in [0.2, 0.25) is 0 Å². The molecule has 0 aliphatic heterocycles. The maximum Gasteiger partial charge on any atom is 0.408 e. The number of esters is 1. The molecule has 1 N–H and O–H groups in total. The van der Waals surface area contributed by atoms with Gasteiger partial charge in [0.05, 0.1) is 5.54 Å². The van der Waals surface area contributed by atoms with Crippen LogP contribution in [0.5, 0.6) is 0 Å². The summed E-state index contributed by atoms with van der Waals surface area (Å²) in [7, 11) is 0. The predicted molar refractivity (Wildman–Crippen MR) is 89.3 cm³/mol. The molecule has 0 radical (unpaired) electrons. The third kappa shape index (κ3) is 5.92. The Morgan fingerprint density at radius 3 is 2.00 bits per heavy atom. The summed E-state index contributed by atoms with van der Waals surface area (Å²) in [5, 5.41) is 6.43. The topological polar surface area (TPSA) is 113 Å². The Balaban J connectivity index is 3.09. The molecular formula is C16H28N4O4. The third-order valence-corrected chi connectivity index (χ3v) is 3.55. The summed E-state index contributed by atoms with van der Waals surface area (Å²) in [6.45, 7) is 10.4. The molecule has 0 spiro atoms. The molecule has 1 aliphatic rings. The summed E-state index contributed by atoms with van der Waals surface area (Å²) in [5.41, 5.74) is 6.49. The maximum atomic E-state index is 12.7. The highest BCUT2D eigenvalue weighted by atomic mass is 16.6. The molecule has 136 valence electrons. The standard InChI is InChI=1S/C16H28N4O4/c1-14(2,3)23-12(21)11(18-13(22)24-15(4,5)6)16(19-20-17)9-7-8-10-16/h11H,7-10H2,1-6H3,(H,18,22)/t11-/m0/s1. The quantitative estimate of drug-likeness (QED) is 0.362. The van der Waals surface area contributed by atoms with Crippen LogP contribution in [-0.4, -0.2) is 34.8 Å². The highest BCUT2D eigenvalue weighted by Gasteiger charge is 2.47. The average molecular weight is 340 g/mol. The molecule has 0 aromatic carbocycles. The predicted octanol–water partition coefficient (Wildman–Crippen LogP) is 3.84. The van der Waals surface area contributed by atoms with Gasteiger partial charge < -0.3 is 14.8 Å². The monoisotopic (exact) mass is 340 g/mol. The van der Waals surface area contributed by atoms with Crippen molar-refractivity contribution in [1.82, 2.24) is 5.32 Å². The fourth-order valence-electron chi connectivity index (χ4n) is 2.72. The first-order chi connectivity index (χ1) is 10.9. The van der Waals surface area contributed by atoms with E-state index in [1.807, 2.05) is 0 Å². The lowest BCUT2D eigenvalue weighted by molar-refractivity contribution is -0.159. The van der Waals surface area contributed by atoms with Crippen LogP contribution in [0.4, 0.5) is 4.79 Å². The van der Waals surface area contributed by atoms with E-state index in [-0.39, 0.29) is 0 Å². The van der Waals surface area contributed by atoms with Gasteiger partial charge in [-0.15, -0.1) is 0 Å². The fourth-order valence-corrected chi connectivity index (χ4v) is 2.72. The number of alkyl carbamates (subject to hydrolysis) is 1. The fraction of sp³-hybridized carbons (Fsp3) is 0.875. The molecule has 1 amide bonds. The summed E-state index contributed by atoms with van der Waals surface area (Å²) < 4.78 is 10.7. The van der Waals surface area contributed by atoms with E-state index in [9.17, 15) is 9.59 Å². The summed E-state index contributed by atoms with van der Waals surface area (Å²) in [6, 6.07) is -1.08. The number of nitrogens with one attached hydrogen (secondary N) is 1. The van der Waals surface area contributed by atoms with Crippen LogP contribution in [0.25, 0.3) is 10.4 Å². The minimum Gasteiger partial charge on any atom is -0.458 e. The minimum atomic E-state index is -1.08. The zero-order chi connectivity index (χ0) is 18.6. The molecule has 1 fully saturated rings. The molecule has 1 saturated carbocycles. The number of carbonyl (C=O) groups is 2. The van der Waals surface area contributed by atoms with E-state index < -0.39 is 34.8 Å². The molecule has 1 atom stereocenters. The van der Waals surface area contributed by atoms with Crippen LogP contribution < -0.4 is 5.32 Å². The number of carbonyl (C=O) groups excluding carboxylic acids is 2. The van der Waals surface area contributed by atoms with Crippen molar-refractivity contribution in [3.63, 3.8) is 0 Å². The normalized spacial score (nSPS) is 18.2. The molecule has 24 heavy (non-hydrogen) atoms. The zero-order valence-electron chi connectivity index (χ0n) is 15.4. The largest absolute Gasteiger partial charge is 0.458 e. The third-order valence-electron chi connectivity index (χ3n) is 3.55. The number of azide groups is 1. The van der Waals surface area contributed by atoms with Crippen LogP contribution in [0.15, 0.2) is 5.11 Å². The number of amides is 1. The van der Waals surface area contributed by atoms with E-state index in [0.717, 1.165) is 12.8 Å². The number of nitrogens with zero attached hydrogens (tertiary/aromatic N) is 3. The summed E-state index contributed by atoms with van der Waals surface area (Å²) in [5.74, 6) is -0.623. The van der Waals surface area contributed by atoms with Crippen molar-refractivity contribution in [2.75, 3.05) is 0 Å². The van der Waals surface area contributed by atoms with Crippen molar-refractivity contribution in [2.45, 2.75) is 90.0 Å². The lowest BCUT2D eigenvalue weighted by Gasteiger charge is -2.34. The van der Waals surface area contributed by atoms with E-state index in [1.54, 1.807) is 41.5 Å². The van der Waals surface area contributed by atoms with Gasteiger partial charge in [0.1, 0.15) is 17.2 Å². The Morgan fingerprint density at radius 2 is 1.58 bits per heavy atom. The second-order valence-corrected chi connectivity index (χ2v) is 8.11. The summed E-state index contributed by atoms with van der Waals surface area (Å²) in [4.78, 5) is 27.7. The molecule has 0 aromatic rings. The van der Waals surface area contributed by atoms with Crippen molar-refractivity contribution in [3.05, 3.63) is 10.4 Å². The van der Waals surface area contributed by atoms with Crippen molar-refractivity contribution in [1.29, 1.82) is 0 Å². The van der Waals surface area contributed by atoms with Gasteiger partial charge in [-0.1, -0.05) is 18.0 Å². The molecule has 0 unspecified atom stereocenters. The molecular weight excluding hydrogens is 312 g/mol. The first-order valence-corrected chi connectivity index (χ1v) is 8.17. The molecule has 8 nitrogen and oxygen atoms in total. The number of rotatable bonds is 4. The maximum absolute atomic E-state index is 12.7. The number of hydrogen-bond donors (Lipinski definition) is 1. The lowest BCUT2D eigenvalue weighted by Crippen LogP contribution is -2.57. The van der Waals surface area contributed by atoms with Gasteiger partial charge in [-0.2, -0.15) is 0 Å². The smallest absolute Gasteiger partial charge is 0.408 e. The molecule has 0 saturated heterocycles. The van der Waals surface area contributed by atoms with E-state index in [0.29, 0.717) is 12.8 Å². The molecule has 8 heteroatoms.